The number of benzene rings is 2. The quantitative estimate of drug-likeness (QED) is 0.661. The smallest absolute Gasteiger partial charge is 0.0809 e. The van der Waals surface area contributed by atoms with Crippen LogP contribution in [-0.4, -0.2) is 11.4 Å². The third-order valence-corrected chi connectivity index (χ3v) is 6.82. The standard InChI is InChI=1S/C21H27NS/c1-15-11-9-10-14-18(15)22-16(2)19(17-12-7-6-8-13-17)23-20(22)21(3,4)5/h6-14,16,19-20H,1-5H3/t16-,19?,20?/m0/s1. The Morgan fingerprint density at radius 2 is 1.52 bits per heavy atom. The van der Waals surface area contributed by atoms with E-state index in [1.54, 1.807) is 0 Å². The van der Waals surface area contributed by atoms with Gasteiger partial charge in [-0.2, -0.15) is 0 Å². The minimum Gasteiger partial charge on any atom is -0.355 e. The normalized spacial score (nSPS) is 24.9. The first-order chi connectivity index (χ1) is 10.9. The Bertz CT molecular complexity index is 659. The van der Waals surface area contributed by atoms with E-state index in [-0.39, 0.29) is 5.41 Å². The number of hydrogen-bond acceptors (Lipinski definition) is 2. The summed E-state index contributed by atoms with van der Waals surface area (Å²) in [6, 6.07) is 20.2. The van der Waals surface area contributed by atoms with Crippen molar-refractivity contribution in [1.82, 2.24) is 0 Å². The number of aryl methyl sites for hydroxylation is 1. The fourth-order valence-electron chi connectivity index (χ4n) is 3.50. The van der Waals surface area contributed by atoms with Crippen LogP contribution in [0.1, 0.15) is 44.1 Å². The molecule has 0 bridgehead atoms. The molecule has 1 heterocycles. The van der Waals surface area contributed by atoms with E-state index in [4.69, 9.17) is 0 Å². The van der Waals surface area contributed by atoms with Crippen molar-refractivity contribution in [2.75, 3.05) is 4.90 Å². The van der Waals surface area contributed by atoms with Crippen molar-refractivity contribution >= 4 is 17.4 Å². The molecule has 3 atom stereocenters. The lowest BCUT2D eigenvalue weighted by Crippen LogP contribution is -2.42. The molecule has 1 nitrogen and oxygen atoms in total. The SMILES string of the molecule is Cc1ccccc1N1C(C(C)(C)C)SC(c2ccccc2)[C@@H]1C. The van der Waals surface area contributed by atoms with E-state index in [0.29, 0.717) is 16.7 Å². The van der Waals surface area contributed by atoms with E-state index in [1.807, 2.05) is 0 Å². The van der Waals surface area contributed by atoms with Crippen LogP contribution in [0.2, 0.25) is 0 Å². The Morgan fingerprint density at radius 3 is 2.13 bits per heavy atom. The average Bonchev–Trinajstić information content (AvgIpc) is 2.86. The fraction of sp³-hybridized carbons (Fsp3) is 0.429. The van der Waals surface area contributed by atoms with Crippen molar-refractivity contribution in [3.05, 3.63) is 65.7 Å². The highest BCUT2D eigenvalue weighted by Crippen LogP contribution is 2.53. The third-order valence-electron chi connectivity index (χ3n) is 4.67. The fourth-order valence-corrected chi connectivity index (χ4v) is 5.29. The lowest BCUT2D eigenvalue weighted by Gasteiger charge is -2.38. The van der Waals surface area contributed by atoms with Crippen LogP contribution in [0.4, 0.5) is 5.69 Å². The van der Waals surface area contributed by atoms with Gasteiger partial charge in [-0.05, 0) is 36.5 Å². The van der Waals surface area contributed by atoms with Crippen molar-refractivity contribution < 1.29 is 0 Å². The van der Waals surface area contributed by atoms with Gasteiger partial charge in [-0.25, -0.2) is 0 Å². The Hall–Kier alpha value is -1.41. The molecule has 2 aromatic rings. The average molecular weight is 326 g/mol. The van der Waals surface area contributed by atoms with Gasteiger partial charge in [-0.3, -0.25) is 0 Å². The highest BCUT2D eigenvalue weighted by Gasteiger charge is 2.45. The minimum atomic E-state index is 0.227. The molecule has 0 aromatic heterocycles. The molecule has 0 saturated carbocycles. The molecule has 0 radical (unpaired) electrons. The molecule has 1 fully saturated rings. The molecule has 2 unspecified atom stereocenters. The van der Waals surface area contributed by atoms with E-state index in [0.717, 1.165) is 0 Å². The molecular formula is C21H27NS. The van der Waals surface area contributed by atoms with Gasteiger partial charge in [-0.1, -0.05) is 69.3 Å². The first-order valence-electron chi connectivity index (χ1n) is 8.44. The van der Waals surface area contributed by atoms with Gasteiger partial charge < -0.3 is 4.90 Å². The number of rotatable bonds is 2. The van der Waals surface area contributed by atoms with Crippen LogP contribution in [0.3, 0.4) is 0 Å². The molecule has 2 aromatic carbocycles. The summed E-state index contributed by atoms with van der Waals surface area (Å²) < 4.78 is 0. The van der Waals surface area contributed by atoms with Crippen LogP contribution in [-0.2, 0) is 0 Å². The zero-order valence-electron chi connectivity index (χ0n) is 14.8. The zero-order valence-corrected chi connectivity index (χ0v) is 15.6. The molecule has 1 saturated heterocycles. The van der Waals surface area contributed by atoms with Crippen LogP contribution in [0.5, 0.6) is 0 Å². The second-order valence-corrected chi connectivity index (χ2v) is 8.85. The van der Waals surface area contributed by atoms with Gasteiger partial charge in [-0.15, -0.1) is 11.8 Å². The van der Waals surface area contributed by atoms with Gasteiger partial charge in [0, 0.05) is 11.7 Å². The summed E-state index contributed by atoms with van der Waals surface area (Å²) in [5.41, 5.74) is 4.41. The van der Waals surface area contributed by atoms with Crippen molar-refractivity contribution in [2.45, 2.75) is 51.3 Å². The number of nitrogens with zero attached hydrogens (tertiary/aromatic N) is 1. The summed E-state index contributed by atoms with van der Waals surface area (Å²) in [7, 11) is 0. The topological polar surface area (TPSA) is 3.24 Å². The summed E-state index contributed by atoms with van der Waals surface area (Å²) in [6.07, 6.45) is 0. The molecule has 3 rings (SSSR count). The first-order valence-corrected chi connectivity index (χ1v) is 9.38. The van der Waals surface area contributed by atoms with Gasteiger partial charge >= 0.3 is 0 Å². The van der Waals surface area contributed by atoms with Gasteiger partial charge in [0.05, 0.1) is 10.6 Å². The number of hydrogen-bond donors (Lipinski definition) is 0. The predicted molar refractivity (Wildman–Crippen MR) is 103 cm³/mol. The van der Waals surface area contributed by atoms with E-state index in [2.05, 4.69) is 106 Å². The molecule has 0 amide bonds. The highest BCUT2D eigenvalue weighted by molar-refractivity contribution is 8.00. The zero-order chi connectivity index (χ0) is 16.6. The molecule has 0 spiro atoms. The highest BCUT2D eigenvalue weighted by atomic mass is 32.2. The molecule has 23 heavy (non-hydrogen) atoms. The maximum Gasteiger partial charge on any atom is 0.0809 e. The van der Waals surface area contributed by atoms with Crippen LogP contribution < -0.4 is 4.90 Å². The molecule has 1 aliphatic rings. The van der Waals surface area contributed by atoms with Crippen molar-refractivity contribution in [3.63, 3.8) is 0 Å². The summed E-state index contributed by atoms with van der Waals surface area (Å²) in [5.74, 6) is 0. The van der Waals surface area contributed by atoms with Crippen LogP contribution in [0.25, 0.3) is 0 Å². The first kappa shape index (κ1) is 16.4. The summed E-state index contributed by atoms with van der Waals surface area (Å²) in [6.45, 7) is 11.7. The second kappa shape index (κ2) is 6.24. The lowest BCUT2D eigenvalue weighted by molar-refractivity contribution is 0.378. The molecule has 0 aliphatic carbocycles. The third kappa shape index (κ3) is 3.14. The summed E-state index contributed by atoms with van der Waals surface area (Å²) >= 11 is 2.12. The Morgan fingerprint density at radius 1 is 0.913 bits per heavy atom. The Kier molecular flexibility index (Phi) is 4.46. The van der Waals surface area contributed by atoms with Crippen LogP contribution in [0, 0.1) is 12.3 Å². The number of anilines is 1. The van der Waals surface area contributed by atoms with Crippen molar-refractivity contribution in [1.29, 1.82) is 0 Å². The monoisotopic (exact) mass is 325 g/mol. The predicted octanol–water partition coefficient (Wildman–Crippen LogP) is 6.05. The minimum absolute atomic E-state index is 0.227. The number of para-hydroxylation sites is 1. The van der Waals surface area contributed by atoms with Gasteiger partial charge in [0.1, 0.15) is 0 Å². The van der Waals surface area contributed by atoms with E-state index < -0.39 is 0 Å². The molecule has 2 heteroatoms. The van der Waals surface area contributed by atoms with Crippen LogP contribution in [0.15, 0.2) is 54.6 Å². The van der Waals surface area contributed by atoms with E-state index in [9.17, 15) is 0 Å². The largest absolute Gasteiger partial charge is 0.355 e. The van der Waals surface area contributed by atoms with Gasteiger partial charge in [0.25, 0.3) is 0 Å². The van der Waals surface area contributed by atoms with Crippen LogP contribution >= 0.6 is 11.8 Å². The molecule has 0 N–H and O–H groups in total. The molecule has 122 valence electrons. The summed E-state index contributed by atoms with van der Waals surface area (Å²) in [4.78, 5) is 2.65. The van der Waals surface area contributed by atoms with Gasteiger partial charge in [0.2, 0.25) is 0 Å². The maximum absolute atomic E-state index is 2.65. The van der Waals surface area contributed by atoms with Crippen molar-refractivity contribution in [2.24, 2.45) is 5.41 Å². The Labute approximate surface area is 145 Å². The van der Waals surface area contributed by atoms with Crippen molar-refractivity contribution in [3.8, 4) is 0 Å². The van der Waals surface area contributed by atoms with Gasteiger partial charge in [0.15, 0.2) is 0 Å². The Balaban J connectivity index is 2.03. The maximum atomic E-state index is 2.65. The second-order valence-electron chi connectivity index (χ2n) is 7.62. The molecular weight excluding hydrogens is 298 g/mol. The van der Waals surface area contributed by atoms with E-state index in [1.165, 1.54) is 16.8 Å². The summed E-state index contributed by atoms with van der Waals surface area (Å²) in [5, 5.41) is 0.990. The lowest BCUT2D eigenvalue weighted by atomic mass is 9.93. The molecule has 1 aliphatic heterocycles. The van der Waals surface area contributed by atoms with E-state index >= 15 is 0 Å². The number of thioether (sulfide) groups is 1.